The molecule has 0 amide bonds. The van der Waals surface area contributed by atoms with Gasteiger partial charge in [0.05, 0.1) is 0 Å². The highest BCUT2D eigenvalue weighted by Crippen LogP contribution is 2.38. The SMILES string of the molecule is CC(C)(C)C1CCCCC1NC1CCCNCC1. The average molecular weight is 252 g/mol. The van der Waals surface area contributed by atoms with Crippen LogP contribution in [-0.2, 0) is 0 Å². The fourth-order valence-corrected chi connectivity index (χ4v) is 3.86. The molecular formula is C16H32N2. The third-order valence-corrected chi connectivity index (χ3v) is 4.90. The van der Waals surface area contributed by atoms with Crippen LogP contribution in [0.25, 0.3) is 0 Å². The maximum Gasteiger partial charge on any atom is 0.0103 e. The van der Waals surface area contributed by atoms with Gasteiger partial charge in [-0.2, -0.15) is 0 Å². The smallest absolute Gasteiger partial charge is 0.0103 e. The Balaban J connectivity index is 1.92. The molecule has 1 saturated carbocycles. The minimum atomic E-state index is 0.459. The second-order valence-corrected chi connectivity index (χ2v) is 7.41. The Morgan fingerprint density at radius 1 is 0.889 bits per heavy atom. The third-order valence-electron chi connectivity index (χ3n) is 4.90. The van der Waals surface area contributed by atoms with E-state index in [-0.39, 0.29) is 0 Å². The summed E-state index contributed by atoms with van der Waals surface area (Å²) in [6, 6.07) is 1.52. The monoisotopic (exact) mass is 252 g/mol. The van der Waals surface area contributed by atoms with Gasteiger partial charge in [0, 0.05) is 12.1 Å². The van der Waals surface area contributed by atoms with Crippen LogP contribution in [0.1, 0.15) is 65.7 Å². The van der Waals surface area contributed by atoms with Crippen LogP contribution in [0.5, 0.6) is 0 Å². The van der Waals surface area contributed by atoms with Gasteiger partial charge in [0.2, 0.25) is 0 Å². The topological polar surface area (TPSA) is 24.1 Å². The predicted octanol–water partition coefficient (Wildman–Crippen LogP) is 3.32. The van der Waals surface area contributed by atoms with E-state index < -0.39 is 0 Å². The highest BCUT2D eigenvalue weighted by molar-refractivity contribution is 4.90. The van der Waals surface area contributed by atoms with Crippen molar-refractivity contribution in [3.05, 3.63) is 0 Å². The van der Waals surface area contributed by atoms with Gasteiger partial charge in [-0.15, -0.1) is 0 Å². The first-order chi connectivity index (χ1) is 8.57. The number of rotatable bonds is 2. The maximum atomic E-state index is 4.01. The molecule has 2 rings (SSSR count). The van der Waals surface area contributed by atoms with E-state index in [0.717, 1.165) is 18.0 Å². The van der Waals surface area contributed by atoms with Crippen LogP contribution >= 0.6 is 0 Å². The molecule has 0 spiro atoms. The summed E-state index contributed by atoms with van der Waals surface area (Å²) in [5.41, 5.74) is 0.459. The molecular weight excluding hydrogens is 220 g/mol. The second kappa shape index (κ2) is 6.38. The predicted molar refractivity (Wildman–Crippen MR) is 78.8 cm³/mol. The summed E-state index contributed by atoms with van der Waals surface area (Å²) in [5.74, 6) is 0.863. The molecule has 0 bridgehead atoms. The van der Waals surface area contributed by atoms with Gasteiger partial charge >= 0.3 is 0 Å². The van der Waals surface area contributed by atoms with Gasteiger partial charge < -0.3 is 10.6 Å². The molecule has 0 aromatic rings. The van der Waals surface area contributed by atoms with Gasteiger partial charge in [-0.3, -0.25) is 0 Å². The van der Waals surface area contributed by atoms with Crippen molar-refractivity contribution in [3.63, 3.8) is 0 Å². The summed E-state index contributed by atoms with van der Waals surface area (Å²) in [6.45, 7) is 9.68. The van der Waals surface area contributed by atoms with Gasteiger partial charge in [0.25, 0.3) is 0 Å². The molecule has 1 aliphatic carbocycles. The highest BCUT2D eigenvalue weighted by Gasteiger charge is 2.34. The van der Waals surface area contributed by atoms with E-state index in [1.807, 2.05) is 0 Å². The lowest BCUT2D eigenvalue weighted by Gasteiger charge is -2.42. The largest absolute Gasteiger partial charge is 0.317 e. The fourth-order valence-electron chi connectivity index (χ4n) is 3.86. The van der Waals surface area contributed by atoms with Crippen molar-refractivity contribution >= 4 is 0 Å². The lowest BCUT2D eigenvalue weighted by Crippen LogP contribution is -2.48. The minimum Gasteiger partial charge on any atom is -0.317 e. The first-order valence-corrected chi connectivity index (χ1v) is 8.04. The Hall–Kier alpha value is -0.0800. The van der Waals surface area contributed by atoms with Crippen LogP contribution in [0.4, 0.5) is 0 Å². The van der Waals surface area contributed by atoms with E-state index in [0.29, 0.717) is 5.41 Å². The standard InChI is InChI=1S/C16H32N2/c1-16(2,3)14-8-4-5-9-15(14)18-13-7-6-11-17-12-10-13/h13-15,17-18H,4-12H2,1-3H3. The molecule has 1 heterocycles. The van der Waals surface area contributed by atoms with Gasteiger partial charge in [-0.1, -0.05) is 33.6 Å². The molecule has 2 heteroatoms. The Kier molecular flexibility index (Phi) is 5.08. The maximum absolute atomic E-state index is 4.01. The molecule has 2 aliphatic rings. The van der Waals surface area contributed by atoms with Crippen molar-refractivity contribution in [1.82, 2.24) is 10.6 Å². The van der Waals surface area contributed by atoms with E-state index >= 15 is 0 Å². The normalized spacial score (nSPS) is 35.2. The molecule has 3 unspecified atom stereocenters. The number of hydrogen-bond donors (Lipinski definition) is 2. The van der Waals surface area contributed by atoms with Gasteiger partial charge in [0.15, 0.2) is 0 Å². The quantitative estimate of drug-likeness (QED) is 0.788. The summed E-state index contributed by atoms with van der Waals surface area (Å²) in [4.78, 5) is 0. The van der Waals surface area contributed by atoms with Gasteiger partial charge in [0.1, 0.15) is 0 Å². The Labute approximate surface area is 113 Å². The lowest BCUT2D eigenvalue weighted by atomic mass is 9.69. The van der Waals surface area contributed by atoms with Gasteiger partial charge in [-0.05, 0) is 56.5 Å². The zero-order valence-corrected chi connectivity index (χ0v) is 12.6. The summed E-state index contributed by atoms with van der Waals surface area (Å²) >= 11 is 0. The molecule has 18 heavy (non-hydrogen) atoms. The van der Waals surface area contributed by atoms with E-state index in [9.17, 15) is 0 Å². The number of hydrogen-bond acceptors (Lipinski definition) is 2. The molecule has 2 N–H and O–H groups in total. The second-order valence-electron chi connectivity index (χ2n) is 7.41. The van der Waals surface area contributed by atoms with Crippen LogP contribution in [0.2, 0.25) is 0 Å². The van der Waals surface area contributed by atoms with Crippen molar-refractivity contribution in [2.45, 2.75) is 77.8 Å². The van der Waals surface area contributed by atoms with Crippen LogP contribution in [-0.4, -0.2) is 25.2 Å². The van der Waals surface area contributed by atoms with Crippen molar-refractivity contribution in [2.75, 3.05) is 13.1 Å². The molecule has 1 aliphatic heterocycles. The van der Waals surface area contributed by atoms with Crippen LogP contribution < -0.4 is 10.6 Å². The van der Waals surface area contributed by atoms with Gasteiger partial charge in [-0.25, -0.2) is 0 Å². The van der Waals surface area contributed by atoms with Crippen molar-refractivity contribution in [2.24, 2.45) is 11.3 Å². The van der Waals surface area contributed by atoms with E-state index in [2.05, 4.69) is 31.4 Å². The first kappa shape index (κ1) is 14.3. The van der Waals surface area contributed by atoms with Crippen LogP contribution in [0, 0.1) is 11.3 Å². The lowest BCUT2D eigenvalue weighted by molar-refractivity contribution is 0.121. The van der Waals surface area contributed by atoms with E-state index in [4.69, 9.17) is 0 Å². The minimum absolute atomic E-state index is 0.459. The summed E-state index contributed by atoms with van der Waals surface area (Å²) in [7, 11) is 0. The average Bonchev–Trinajstić information content (AvgIpc) is 2.57. The molecule has 2 nitrogen and oxygen atoms in total. The Bertz CT molecular complexity index is 236. The third kappa shape index (κ3) is 3.96. The zero-order chi connectivity index (χ0) is 13.0. The summed E-state index contributed by atoms with van der Waals surface area (Å²) < 4.78 is 0. The van der Waals surface area contributed by atoms with Crippen molar-refractivity contribution in [3.8, 4) is 0 Å². The Morgan fingerprint density at radius 2 is 1.67 bits per heavy atom. The van der Waals surface area contributed by atoms with E-state index in [1.54, 1.807) is 0 Å². The van der Waals surface area contributed by atoms with E-state index in [1.165, 1.54) is 58.0 Å². The summed E-state index contributed by atoms with van der Waals surface area (Å²) in [5, 5.41) is 7.53. The molecule has 106 valence electrons. The van der Waals surface area contributed by atoms with Crippen molar-refractivity contribution < 1.29 is 0 Å². The van der Waals surface area contributed by atoms with Crippen LogP contribution in [0.15, 0.2) is 0 Å². The zero-order valence-electron chi connectivity index (χ0n) is 12.6. The fraction of sp³-hybridized carbons (Fsp3) is 1.00. The molecule has 0 aromatic heterocycles. The molecule has 0 aromatic carbocycles. The molecule has 1 saturated heterocycles. The van der Waals surface area contributed by atoms with Crippen molar-refractivity contribution in [1.29, 1.82) is 0 Å². The number of nitrogens with one attached hydrogen (secondary N) is 2. The summed E-state index contributed by atoms with van der Waals surface area (Å²) in [6.07, 6.45) is 9.69. The first-order valence-electron chi connectivity index (χ1n) is 8.04. The van der Waals surface area contributed by atoms with Crippen LogP contribution in [0.3, 0.4) is 0 Å². The molecule has 2 fully saturated rings. The molecule has 3 atom stereocenters. The Morgan fingerprint density at radius 3 is 2.44 bits per heavy atom. The highest BCUT2D eigenvalue weighted by atomic mass is 15.0. The molecule has 0 radical (unpaired) electrons.